The van der Waals surface area contributed by atoms with Crippen molar-refractivity contribution >= 4 is 0 Å². The number of rotatable bonds is 12. The lowest BCUT2D eigenvalue weighted by Crippen LogP contribution is -2.04. The van der Waals surface area contributed by atoms with E-state index in [0.29, 0.717) is 22.3 Å². The predicted molar refractivity (Wildman–Crippen MR) is 122 cm³/mol. The molecule has 1 rings (SSSR count). The summed E-state index contributed by atoms with van der Waals surface area (Å²) in [7, 11) is 0. The number of unbranched alkanes of at least 4 members (excludes halogenated alkanes) is 6. The van der Waals surface area contributed by atoms with Gasteiger partial charge in [0.1, 0.15) is 11.5 Å². The van der Waals surface area contributed by atoms with Crippen LogP contribution in [0.1, 0.15) is 117 Å². The molecule has 0 saturated carbocycles. The van der Waals surface area contributed by atoms with Crippen molar-refractivity contribution in [2.75, 3.05) is 0 Å². The zero-order valence-electron chi connectivity index (χ0n) is 19.5. The van der Waals surface area contributed by atoms with Crippen LogP contribution in [-0.2, 0) is 12.8 Å². The second kappa shape index (κ2) is 11.7. The van der Waals surface area contributed by atoms with Gasteiger partial charge in [-0.2, -0.15) is 0 Å². The van der Waals surface area contributed by atoms with Gasteiger partial charge in [0, 0.05) is 0 Å². The minimum Gasteiger partial charge on any atom is -0.508 e. The molecule has 0 aliphatic carbocycles. The molecular formula is C26H46O2. The Morgan fingerprint density at radius 1 is 0.571 bits per heavy atom. The molecule has 28 heavy (non-hydrogen) atoms. The predicted octanol–water partition coefficient (Wildman–Crippen LogP) is 8.18. The average molecular weight is 391 g/mol. The zero-order chi connectivity index (χ0) is 21.2. The van der Waals surface area contributed by atoms with Crippen LogP contribution in [0, 0.1) is 10.8 Å². The first kappa shape index (κ1) is 24.9. The van der Waals surface area contributed by atoms with Crippen LogP contribution in [0.15, 0.2) is 12.1 Å². The van der Waals surface area contributed by atoms with Crippen molar-refractivity contribution in [3.63, 3.8) is 0 Å². The van der Waals surface area contributed by atoms with Crippen molar-refractivity contribution in [3.8, 4) is 11.5 Å². The van der Waals surface area contributed by atoms with Crippen molar-refractivity contribution in [1.82, 2.24) is 0 Å². The fourth-order valence-corrected chi connectivity index (χ4v) is 3.77. The van der Waals surface area contributed by atoms with Gasteiger partial charge in [-0.15, -0.1) is 0 Å². The maximum Gasteiger partial charge on any atom is 0.122 e. The second-order valence-corrected chi connectivity index (χ2v) is 11.1. The number of hydrogen-bond donors (Lipinski definition) is 2. The van der Waals surface area contributed by atoms with Crippen molar-refractivity contribution in [1.29, 1.82) is 0 Å². The Labute approximate surface area is 174 Å². The van der Waals surface area contributed by atoms with E-state index >= 15 is 0 Å². The molecule has 0 unspecified atom stereocenters. The lowest BCUT2D eigenvalue weighted by atomic mass is 9.89. The summed E-state index contributed by atoms with van der Waals surface area (Å²) in [5, 5.41) is 20.7. The Bertz CT molecular complexity index is 514. The Morgan fingerprint density at radius 3 is 1.29 bits per heavy atom. The van der Waals surface area contributed by atoms with Crippen molar-refractivity contribution in [2.45, 2.75) is 119 Å². The standard InChI is InChI=1S/C26H46O2/c1-25(2,3)17-13-9-7-11-15-21-19-23(27)20-22(24(21)28)16-12-8-10-14-18-26(4,5)6/h19-20,27-28H,7-18H2,1-6H3. The Kier molecular flexibility index (Phi) is 10.4. The van der Waals surface area contributed by atoms with Gasteiger partial charge in [-0.1, -0.05) is 80.1 Å². The van der Waals surface area contributed by atoms with Gasteiger partial charge in [-0.05, 0) is 72.6 Å². The van der Waals surface area contributed by atoms with Gasteiger partial charge >= 0.3 is 0 Å². The molecule has 2 N–H and O–H groups in total. The molecule has 0 fully saturated rings. The van der Waals surface area contributed by atoms with Crippen molar-refractivity contribution in [3.05, 3.63) is 23.3 Å². The van der Waals surface area contributed by atoms with Crippen LogP contribution in [0.5, 0.6) is 11.5 Å². The van der Waals surface area contributed by atoms with Crippen LogP contribution in [0.3, 0.4) is 0 Å². The van der Waals surface area contributed by atoms with Crippen LogP contribution in [0.4, 0.5) is 0 Å². The van der Waals surface area contributed by atoms with E-state index in [1.807, 2.05) is 0 Å². The summed E-state index contributed by atoms with van der Waals surface area (Å²) in [6, 6.07) is 3.49. The first-order chi connectivity index (χ1) is 13.0. The monoisotopic (exact) mass is 390 g/mol. The van der Waals surface area contributed by atoms with E-state index in [1.165, 1.54) is 51.4 Å². The lowest BCUT2D eigenvalue weighted by molar-refractivity contribution is 0.357. The minimum atomic E-state index is 0.295. The number of phenols is 2. The molecule has 0 aliphatic heterocycles. The van der Waals surface area contributed by atoms with Gasteiger partial charge < -0.3 is 10.2 Å². The maximum atomic E-state index is 10.6. The van der Waals surface area contributed by atoms with Crippen LogP contribution >= 0.6 is 0 Å². The molecule has 0 aliphatic rings. The molecule has 0 saturated heterocycles. The molecule has 0 bridgehead atoms. The van der Waals surface area contributed by atoms with E-state index in [-0.39, 0.29) is 0 Å². The summed E-state index contributed by atoms with van der Waals surface area (Å²) in [6.07, 6.45) is 13.8. The highest BCUT2D eigenvalue weighted by molar-refractivity contribution is 5.46. The van der Waals surface area contributed by atoms with Crippen LogP contribution in [-0.4, -0.2) is 10.2 Å². The third-order valence-corrected chi connectivity index (χ3v) is 5.50. The highest BCUT2D eigenvalue weighted by Gasteiger charge is 2.12. The van der Waals surface area contributed by atoms with Crippen molar-refractivity contribution < 1.29 is 10.2 Å². The molecule has 0 radical (unpaired) electrons. The first-order valence-corrected chi connectivity index (χ1v) is 11.5. The van der Waals surface area contributed by atoms with Crippen LogP contribution < -0.4 is 0 Å². The van der Waals surface area contributed by atoms with Gasteiger partial charge in [-0.3, -0.25) is 0 Å². The van der Waals surface area contributed by atoms with E-state index in [2.05, 4.69) is 41.5 Å². The fraction of sp³-hybridized carbons (Fsp3) is 0.769. The van der Waals surface area contributed by atoms with Gasteiger partial charge in [0.15, 0.2) is 0 Å². The molecule has 1 aromatic carbocycles. The molecule has 162 valence electrons. The minimum absolute atomic E-state index is 0.295. The van der Waals surface area contributed by atoms with Gasteiger partial charge in [0.25, 0.3) is 0 Å². The van der Waals surface area contributed by atoms with Gasteiger partial charge in [-0.25, -0.2) is 0 Å². The Balaban J connectivity index is 2.37. The van der Waals surface area contributed by atoms with Gasteiger partial charge in [0.05, 0.1) is 0 Å². The number of aryl methyl sites for hydroxylation is 2. The molecule has 2 nitrogen and oxygen atoms in total. The number of benzene rings is 1. The molecule has 1 aromatic rings. The Morgan fingerprint density at radius 2 is 0.929 bits per heavy atom. The third-order valence-electron chi connectivity index (χ3n) is 5.50. The SMILES string of the molecule is CC(C)(C)CCCCCCc1cc(O)cc(CCCCCCC(C)(C)C)c1O. The number of hydrogen-bond acceptors (Lipinski definition) is 2. The molecule has 0 heterocycles. The highest BCUT2D eigenvalue weighted by Crippen LogP contribution is 2.31. The van der Waals surface area contributed by atoms with E-state index in [4.69, 9.17) is 0 Å². The van der Waals surface area contributed by atoms with Crippen molar-refractivity contribution in [2.24, 2.45) is 10.8 Å². The van der Waals surface area contributed by atoms with E-state index in [0.717, 1.165) is 36.8 Å². The quantitative estimate of drug-likeness (QED) is 0.279. The summed E-state index contributed by atoms with van der Waals surface area (Å²) >= 11 is 0. The molecular weight excluding hydrogens is 344 g/mol. The number of phenolic OH excluding ortho intramolecular Hbond substituents is 2. The van der Waals surface area contributed by atoms with E-state index in [9.17, 15) is 10.2 Å². The van der Waals surface area contributed by atoms with E-state index in [1.54, 1.807) is 12.1 Å². The van der Waals surface area contributed by atoms with Crippen LogP contribution in [0.2, 0.25) is 0 Å². The molecule has 2 heteroatoms. The van der Waals surface area contributed by atoms with E-state index < -0.39 is 0 Å². The normalized spacial score (nSPS) is 12.5. The molecule has 0 aromatic heterocycles. The largest absolute Gasteiger partial charge is 0.508 e. The van der Waals surface area contributed by atoms with Crippen LogP contribution in [0.25, 0.3) is 0 Å². The lowest BCUT2D eigenvalue weighted by Gasteiger charge is -2.17. The number of aromatic hydroxyl groups is 2. The topological polar surface area (TPSA) is 40.5 Å². The average Bonchev–Trinajstić information content (AvgIpc) is 2.55. The summed E-state index contributed by atoms with van der Waals surface area (Å²) in [5.74, 6) is 0.713. The highest BCUT2D eigenvalue weighted by atomic mass is 16.3. The summed E-state index contributed by atoms with van der Waals surface area (Å²) in [5.41, 5.74) is 2.67. The summed E-state index contributed by atoms with van der Waals surface area (Å²) in [6.45, 7) is 13.8. The molecule has 0 amide bonds. The fourth-order valence-electron chi connectivity index (χ4n) is 3.77. The summed E-state index contributed by atoms with van der Waals surface area (Å²) < 4.78 is 0. The molecule has 0 spiro atoms. The second-order valence-electron chi connectivity index (χ2n) is 11.1. The Hall–Kier alpha value is -1.18. The molecule has 0 atom stereocenters. The smallest absolute Gasteiger partial charge is 0.122 e. The first-order valence-electron chi connectivity index (χ1n) is 11.5. The van der Waals surface area contributed by atoms with Gasteiger partial charge in [0.2, 0.25) is 0 Å². The zero-order valence-corrected chi connectivity index (χ0v) is 19.5. The summed E-state index contributed by atoms with van der Waals surface area (Å²) in [4.78, 5) is 0. The third kappa shape index (κ3) is 11.6. The maximum absolute atomic E-state index is 10.6.